The summed E-state index contributed by atoms with van der Waals surface area (Å²) in [6.45, 7) is 4.45. The van der Waals surface area contributed by atoms with E-state index >= 15 is 0 Å². The molecule has 5 rings (SSSR count). The highest BCUT2D eigenvalue weighted by atomic mass is 16.5. The third-order valence-corrected chi connectivity index (χ3v) is 9.34. The zero-order chi connectivity index (χ0) is 34.8. The molecule has 0 fully saturated rings. The highest BCUT2D eigenvalue weighted by molar-refractivity contribution is 5.83. The molecule has 9 nitrogen and oxygen atoms in total. The number of benzene rings is 2. The molecule has 4 atom stereocenters. The molecule has 3 heterocycles. The molecule has 2 bridgehead atoms. The summed E-state index contributed by atoms with van der Waals surface area (Å²) in [6.07, 6.45) is 7.32. The summed E-state index contributed by atoms with van der Waals surface area (Å²) >= 11 is 0. The number of allylic oxidation sites excluding steroid dienone is 1. The Hall–Kier alpha value is -5.10. The fraction of sp³-hybridized carbons (Fsp3) is 0.400. The predicted molar refractivity (Wildman–Crippen MR) is 190 cm³/mol. The van der Waals surface area contributed by atoms with E-state index in [2.05, 4.69) is 34.1 Å². The van der Waals surface area contributed by atoms with E-state index in [-0.39, 0.29) is 42.6 Å². The van der Waals surface area contributed by atoms with E-state index in [0.717, 1.165) is 42.4 Å². The van der Waals surface area contributed by atoms with Crippen molar-refractivity contribution in [1.82, 2.24) is 4.98 Å². The Kier molecular flexibility index (Phi) is 12.1. The Morgan fingerprint density at radius 1 is 1.00 bits per heavy atom. The van der Waals surface area contributed by atoms with Gasteiger partial charge in [-0.25, -0.2) is 4.98 Å². The van der Waals surface area contributed by atoms with Crippen molar-refractivity contribution >= 4 is 23.8 Å². The van der Waals surface area contributed by atoms with E-state index in [1.165, 1.54) is 31.2 Å². The van der Waals surface area contributed by atoms with Crippen LogP contribution in [0, 0.1) is 17.8 Å². The molecule has 256 valence electrons. The quantitative estimate of drug-likeness (QED) is 0.195. The summed E-state index contributed by atoms with van der Waals surface area (Å²) < 4.78 is 11.0. The lowest BCUT2D eigenvalue weighted by Crippen LogP contribution is -2.22. The lowest BCUT2D eigenvalue weighted by atomic mass is 9.83. The van der Waals surface area contributed by atoms with E-state index < -0.39 is 18.0 Å². The lowest BCUT2D eigenvalue weighted by Gasteiger charge is -2.23. The van der Waals surface area contributed by atoms with Gasteiger partial charge in [0, 0.05) is 38.1 Å². The maximum Gasteiger partial charge on any atom is 0.302 e. The summed E-state index contributed by atoms with van der Waals surface area (Å²) in [6, 6.07) is 16.4. The van der Waals surface area contributed by atoms with Crippen molar-refractivity contribution < 1.29 is 29.3 Å². The Morgan fingerprint density at radius 2 is 1.84 bits per heavy atom. The summed E-state index contributed by atoms with van der Waals surface area (Å²) in [5.41, 5.74) is 5.29. The Bertz CT molecular complexity index is 1770. The van der Waals surface area contributed by atoms with Crippen molar-refractivity contribution in [1.29, 1.82) is 0 Å². The van der Waals surface area contributed by atoms with Gasteiger partial charge in [0.05, 0.1) is 26.1 Å². The number of hydrogen-bond acceptors (Lipinski definition) is 9. The first kappa shape index (κ1) is 35.2. The van der Waals surface area contributed by atoms with Crippen LogP contribution in [-0.2, 0) is 14.3 Å². The predicted octanol–water partition coefficient (Wildman–Crippen LogP) is 7.09. The molecule has 2 aliphatic rings. The second-order valence-corrected chi connectivity index (χ2v) is 12.8. The Labute approximate surface area is 288 Å². The number of aliphatic imine (C=N–C) groups is 1. The van der Waals surface area contributed by atoms with Gasteiger partial charge in [-0.15, -0.1) is 0 Å². The number of methoxy groups -OCH3 is 1. The summed E-state index contributed by atoms with van der Waals surface area (Å²) in [7, 11) is 1.48. The molecule has 0 aliphatic carbocycles. The molecule has 0 amide bonds. The monoisotopic (exact) mass is 663 g/mol. The number of nitrogens with one attached hydrogen (secondary N) is 1. The molecule has 0 saturated carbocycles. The molecule has 2 aromatic carbocycles. The maximum atomic E-state index is 13.5. The van der Waals surface area contributed by atoms with E-state index in [1.54, 1.807) is 24.4 Å². The summed E-state index contributed by atoms with van der Waals surface area (Å²) in [5.74, 6) is 6.94. The van der Waals surface area contributed by atoms with Crippen LogP contribution >= 0.6 is 0 Å². The molecule has 9 heteroatoms. The van der Waals surface area contributed by atoms with Gasteiger partial charge in [0.15, 0.2) is 11.5 Å². The molecule has 0 unspecified atom stereocenters. The topological polar surface area (TPSA) is 130 Å². The zero-order valence-electron chi connectivity index (χ0n) is 28.4. The van der Waals surface area contributed by atoms with Crippen LogP contribution in [0.15, 0.2) is 76.9 Å². The van der Waals surface area contributed by atoms with Crippen LogP contribution in [0.2, 0.25) is 0 Å². The van der Waals surface area contributed by atoms with E-state index in [1.807, 2.05) is 36.5 Å². The van der Waals surface area contributed by atoms with Crippen molar-refractivity contribution in [3.05, 3.63) is 88.6 Å². The molecule has 1 aromatic heterocycles. The van der Waals surface area contributed by atoms with Gasteiger partial charge < -0.3 is 25.0 Å². The summed E-state index contributed by atoms with van der Waals surface area (Å²) in [4.78, 5) is 34.8. The van der Waals surface area contributed by atoms with Gasteiger partial charge in [-0.1, -0.05) is 43.4 Å². The standard InChI is InChI=1S/C40H45N3O6/c1-4-27-10-12-36(49-26(2)44)23-35(46)18-28(29-11-13-38(47)39(21-29)48-3)8-6-15-42-40-22-31(14-16-43-40)37(30-7-5-9-34(45)19-30)20-33-25-41-24-32(33)17-27/h5,7,9,11,13-14,16,19,21-22,24,27-28,36-37,45,47H,4,10,12,15,17-18,20,23,25H2,1-3H3,(H,42,43)/t27-,28+,36-,37+/m1/s1. The van der Waals surface area contributed by atoms with Crippen LogP contribution in [0.25, 0.3) is 0 Å². The van der Waals surface area contributed by atoms with Crippen LogP contribution in [-0.4, -0.2) is 59.5 Å². The number of phenolic OH excluding ortho intramolecular Hbond substituents is 2. The Morgan fingerprint density at radius 3 is 2.61 bits per heavy atom. The molecule has 3 N–H and O–H groups in total. The van der Waals surface area contributed by atoms with Gasteiger partial charge in [-0.3, -0.25) is 14.6 Å². The van der Waals surface area contributed by atoms with Crippen molar-refractivity contribution in [2.24, 2.45) is 10.9 Å². The number of fused-ring (bicyclic) bond motifs is 2. The number of carbonyl (C=O) groups is 2. The number of rotatable bonds is 5. The molecular weight excluding hydrogens is 618 g/mol. The van der Waals surface area contributed by atoms with Gasteiger partial charge in [-0.05, 0) is 95.8 Å². The zero-order valence-corrected chi connectivity index (χ0v) is 28.4. The van der Waals surface area contributed by atoms with Crippen LogP contribution in [0.5, 0.6) is 17.2 Å². The number of carbonyl (C=O) groups excluding carboxylic acids is 2. The van der Waals surface area contributed by atoms with Crippen LogP contribution in [0.4, 0.5) is 5.82 Å². The lowest BCUT2D eigenvalue weighted by molar-refractivity contribution is -0.148. The van der Waals surface area contributed by atoms with Gasteiger partial charge >= 0.3 is 5.97 Å². The summed E-state index contributed by atoms with van der Waals surface area (Å²) in [5, 5.41) is 23.9. The maximum absolute atomic E-state index is 13.5. The van der Waals surface area contributed by atoms with Crippen molar-refractivity contribution in [2.45, 2.75) is 76.7 Å². The highest BCUT2D eigenvalue weighted by Crippen LogP contribution is 2.37. The van der Waals surface area contributed by atoms with Crippen LogP contribution < -0.4 is 10.1 Å². The number of nitrogens with zero attached hydrogens (tertiary/aromatic N) is 2. The number of Topliss-reactive ketones (excluding diaryl/α,β-unsaturated/α-hetero) is 1. The SMILES string of the molecule is CC[C@@H]1CC[C@@H](OC(C)=O)CC(=O)C[C@@H](c2ccc(O)c(OC)c2)C#CCNc2cc(ccn2)[C@H](c2cccc(O)c2)CC2=C(C=NC2)C1. The number of ether oxygens (including phenoxy) is 2. The normalized spacial score (nSPS) is 21.9. The van der Waals surface area contributed by atoms with Crippen molar-refractivity contribution in [3.63, 3.8) is 0 Å². The fourth-order valence-corrected chi connectivity index (χ4v) is 6.69. The van der Waals surface area contributed by atoms with Gasteiger partial charge in [0.2, 0.25) is 0 Å². The molecule has 0 radical (unpaired) electrons. The Balaban J connectivity index is 1.52. The highest BCUT2D eigenvalue weighted by Gasteiger charge is 2.25. The minimum atomic E-state index is -0.536. The molecule has 0 spiro atoms. The van der Waals surface area contributed by atoms with E-state index in [0.29, 0.717) is 30.5 Å². The van der Waals surface area contributed by atoms with Crippen LogP contribution in [0.3, 0.4) is 0 Å². The smallest absolute Gasteiger partial charge is 0.302 e. The average molecular weight is 664 g/mol. The third-order valence-electron chi connectivity index (χ3n) is 9.34. The van der Waals surface area contributed by atoms with Crippen molar-refractivity contribution in [2.75, 3.05) is 25.5 Å². The second-order valence-electron chi connectivity index (χ2n) is 12.8. The third kappa shape index (κ3) is 9.73. The minimum Gasteiger partial charge on any atom is -0.508 e. The largest absolute Gasteiger partial charge is 0.508 e. The molecule has 3 aromatic rings. The van der Waals surface area contributed by atoms with E-state index in [9.17, 15) is 19.8 Å². The number of aromatic hydroxyl groups is 2. The van der Waals surface area contributed by atoms with Crippen molar-refractivity contribution in [3.8, 4) is 29.1 Å². The molecule has 0 saturated heterocycles. The number of esters is 1. The number of pyridine rings is 1. The number of aromatic nitrogens is 1. The molecule has 2 aliphatic heterocycles. The number of ketones is 1. The molecular formula is C40H45N3O6. The first-order valence-corrected chi connectivity index (χ1v) is 17.0. The van der Waals surface area contributed by atoms with Gasteiger partial charge in [0.25, 0.3) is 0 Å². The first-order chi connectivity index (χ1) is 23.7. The van der Waals surface area contributed by atoms with Crippen LogP contribution in [0.1, 0.15) is 87.3 Å². The van der Waals surface area contributed by atoms with Gasteiger partial charge in [0.1, 0.15) is 23.5 Å². The minimum absolute atomic E-state index is 0.00115. The second kappa shape index (κ2) is 16.8. The van der Waals surface area contributed by atoms with E-state index in [4.69, 9.17) is 9.47 Å². The average Bonchev–Trinajstić information content (AvgIpc) is 3.52. The number of anilines is 1. The first-order valence-electron chi connectivity index (χ1n) is 17.0. The number of phenols is 2. The van der Waals surface area contributed by atoms with Gasteiger partial charge in [-0.2, -0.15) is 0 Å². The molecule has 49 heavy (non-hydrogen) atoms. The fourth-order valence-electron chi connectivity index (χ4n) is 6.69. The number of hydrogen-bond donors (Lipinski definition) is 3.